The average molecular weight is 344 g/mol. The molecule has 0 bridgehead atoms. The molecule has 1 amide bonds. The van der Waals surface area contributed by atoms with Gasteiger partial charge in [0.25, 0.3) is 0 Å². The summed E-state index contributed by atoms with van der Waals surface area (Å²) in [5.74, 6) is 0.0720. The number of carbonyl (C=O) groups is 1. The quantitative estimate of drug-likeness (QED) is 0.871. The van der Waals surface area contributed by atoms with E-state index in [0.717, 1.165) is 36.9 Å². The van der Waals surface area contributed by atoms with E-state index < -0.39 is 6.10 Å². The maximum atomic E-state index is 12.9. The van der Waals surface area contributed by atoms with Crippen LogP contribution in [0.4, 0.5) is 0 Å². The van der Waals surface area contributed by atoms with Gasteiger partial charge < -0.3 is 10.0 Å². The SMILES string of the molecule is O=C(Cc1cscn1)N(C[C@@H](O)c1ccccc1)C1CCCCC1. The minimum atomic E-state index is -0.646. The first-order valence-electron chi connectivity index (χ1n) is 8.63. The lowest BCUT2D eigenvalue weighted by molar-refractivity contribution is -0.135. The standard InChI is InChI=1S/C19H24N2O2S/c22-18(15-7-3-1-4-8-15)12-21(17-9-5-2-6-10-17)19(23)11-16-13-24-14-20-16/h1,3-4,7-8,13-14,17-18,22H,2,5-6,9-12H2/t18-/m1/s1. The van der Waals surface area contributed by atoms with Crippen molar-refractivity contribution < 1.29 is 9.90 Å². The van der Waals surface area contributed by atoms with Gasteiger partial charge in [0, 0.05) is 11.4 Å². The van der Waals surface area contributed by atoms with Gasteiger partial charge >= 0.3 is 0 Å². The van der Waals surface area contributed by atoms with Crippen LogP contribution in [0, 0.1) is 0 Å². The summed E-state index contributed by atoms with van der Waals surface area (Å²) in [5, 5.41) is 12.5. The van der Waals surface area contributed by atoms with E-state index in [0.29, 0.717) is 13.0 Å². The summed E-state index contributed by atoms with van der Waals surface area (Å²) in [6.45, 7) is 0.359. The van der Waals surface area contributed by atoms with E-state index in [1.165, 1.54) is 17.8 Å². The molecule has 24 heavy (non-hydrogen) atoms. The first-order chi connectivity index (χ1) is 11.7. The van der Waals surface area contributed by atoms with Crippen LogP contribution in [-0.2, 0) is 11.2 Å². The summed E-state index contributed by atoms with van der Waals surface area (Å²) in [6.07, 6.45) is 5.30. The largest absolute Gasteiger partial charge is 0.387 e. The molecule has 1 atom stereocenters. The lowest BCUT2D eigenvalue weighted by atomic mass is 9.93. The van der Waals surface area contributed by atoms with Gasteiger partial charge in [-0.2, -0.15) is 0 Å². The molecule has 128 valence electrons. The van der Waals surface area contributed by atoms with Gasteiger partial charge in [-0.15, -0.1) is 11.3 Å². The lowest BCUT2D eigenvalue weighted by Gasteiger charge is -2.35. The molecule has 0 radical (unpaired) electrons. The number of hydrogen-bond donors (Lipinski definition) is 1. The molecule has 1 N–H and O–H groups in total. The second-order valence-electron chi connectivity index (χ2n) is 6.42. The summed E-state index contributed by atoms with van der Waals surface area (Å²) in [4.78, 5) is 19.0. The van der Waals surface area contributed by atoms with Crippen LogP contribution in [0.2, 0.25) is 0 Å². The van der Waals surface area contributed by atoms with Crippen LogP contribution >= 0.6 is 11.3 Å². The number of carbonyl (C=O) groups excluding carboxylic acids is 1. The van der Waals surface area contributed by atoms with Crippen LogP contribution in [0.15, 0.2) is 41.2 Å². The third kappa shape index (κ3) is 4.42. The van der Waals surface area contributed by atoms with Crippen molar-refractivity contribution >= 4 is 17.2 Å². The zero-order valence-electron chi connectivity index (χ0n) is 13.8. The zero-order chi connectivity index (χ0) is 16.8. The summed E-state index contributed by atoms with van der Waals surface area (Å²) in [7, 11) is 0. The monoisotopic (exact) mass is 344 g/mol. The van der Waals surface area contributed by atoms with Crippen LogP contribution in [0.3, 0.4) is 0 Å². The molecular weight excluding hydrogens is 320 g/mol. The van der Waals surface area contributed by atoms with Crippen molar-refractivity contribution in [3.05, 3.63) is 52.5 Å². The summed E-state index contributed by atoms with van der Waals surface area (Å²) in [5.41, 5.74) is 3.44. The van der Waals surface area contributed by atoms with E-state index in [4.69, 9.17) is 0 Å². The molecule has 2 aromatic rings. The highest BCUT2D eigenvalue weighted by Crippen LogP contribution is 2.25. The van der Waals surface area contributed by atoms with Gasteiger partial charge in [0.15, 0.2) is 0 Å². The molecule has 1 heterocycles. The highest BCUT2D eigenvalue weighted by atomic mass is 32.1. The summed E-state index contributed by atoms with van der Waals surface area (Å²) < 4.78 is 0. The van der Waals surface area contributed by atoms with E-state index in [-0.39, 0.29) is 11.9 Å². The molecule has 0 saturated heterocycles. The van der Waals surface area contributed by atoms with Crippen molar-refractivity contribution in [3.8, 4) is 0 Å². The number of thiazole rings is 1. The van der Waals surface area contributed by atoms with Crippen LogP contribution in [0.5, 0.6) is 0 Å². The molecule has 0 spiro atoms. The fourth-order valence-electron chi connectivity index (χ4n) is 3.40. The van der Waals surface area contributed by atoms with Crippen molar-refractivity contribution in [2.24, 2.45) is 0 Å². The normalized spacial score (nSPS) is 16.7. The summed E-state index contributed by atoms with van der Waals surface area (Å²) >= 11 is 1.51. The number of hydrogen-bond acceptors (Lipinski definition) is 4. The molecule has 4 nitrogen and oxygen atoms in total. The van der Waals surface area contributed by atoms with Gasteiger partial charge in [-0.1, -0.05) is 49.6 Å². The number of nitrogens with zero attached hydrogens (tertiary/aromatic N) is 2. The summed E-state index contributed by atoms with van der Waals surface area (Å²) in [6, 6.07) is 9.83. The highest BCUT2D eigenvalue weighted by molar-refractivity contribution is 7.07. The lowest BCUT2D eigenvalue weighted by Crippen LogP contribution is -2.44. The zero-order valence-corrected chi connectivity index (χ0v) is 14.6. The Morgan fingerprint density at radius 2 is 2.00 bits per heavy atom. The van der Waals surface area contributed by atoms with Crippen molar-refractivity contribution in [1.82, 2.24) is 9.88 Å². The Bertz CT molecular complexity index is 624. The fourth-order valence-corrected chi connectivity index (χ4v) is 3.95. The third-order valence-electron chi connectivity index (χ3n) is 4.71. The van der Waals surface area contributed by atoms with Gasteiger partial charge in [-0.05, 0) is 18.4 Å². The number of benzene rings is 1. The molecule has 3 rings (SSSR count). The maximum Gasteiger partial charge on any atom is 0.228 e. The first kappa shape index (κ1) is 17.1. The fraction of sp³-hybridized carbons (Fsp3) is 0.474. The van der Waals surface area contributed by atoms with Gasteiger partial charge in [-0.3, -0.25) is 4.79 Å². The third-order valence-corrected chi connectivity index (χ3v) is 5.34. The molecule has 0 unspecified atom stereocenters. The van der Waals surface area contributed by atoms with Crippen molar-refractivity contribution in [2.75, 3.05) is 6.54 Å². The number of amides is 1. The molecule has 1 aliphatic carbocycles. The molecule has 5 heteroatoms. The van der Waals surface area contributed by atoms with E-state index >= 15 is 0 Å². The average Bonchev–Trinajstić information content (AvgIpc) is 3.14. The molecule has 1 fully saturated rings. The van der Waals surface area contributed by atoms with Crippen LogP contribution in [-0.4, -0.2) is 33.5 Å². The molecule has 1 aliphatic rings. The smallest absolute Gasteiger partial charge is 0.228 e. The Labute approximate surface area is 147 Å². The van der Waals surface area contributed by atoms with Gasteiger partial charge in [0.2, 0.25) is 5.91 Å². The van der Waals surface area contributed by atoms with Crippen molar-refractivity contribution in [3.63, 3.8) is 0 Å². The number of rotatable bonds is 6. The van der Waals surface area contributed by atoms with E-state index in [1.807, 2.05) is 40.6 Å². The van der Waals surface area contributed by atoms with Gasteiger partial charge in [-0.25, -0.2) is 4.98 Å². The maximum absolute atomic E-state index is 12.9. The Kier molecular flexibility index (Phi) is 5.99. The van der Waals surface area contributed by atoms with Gasteiger partial charge in [0.05, 0.1) is 30.3 Å². The highest BCUT2D eigenvalue weighted by Gasteiger charge is 2.28. The van der Waals surface area contributed by atoms with E-state index in [9.17, 15) is 9.90 Å². The van der Waals surface area contributed by atoms with E-state index in [1.54, 1.807) is 5.51 Å². The number of aliphatic hydroxyl groups is 1. The predicted molar refractivity (Wildman–Crippen MR) is 95.8 cm³/mol. The topological polar surface area (TPSA) is 53.4 Å². The molecule has 1 aromatic carbocycles. The van der Waals surface area contributed by atoms with E-state index in [2.05, 4.69) is 4.98 Å². The second-order valence-corrected chi connectivity index (χ2v) is 7.14. The van der Waals surface area contributed by atoms with Crippen molar-refractivity contribution in [1.29, 1.82) is 0 Å². The number of aromatic nitrogens is 1. The Hall–Kier alpha value is -1.72. The minimum Gasteiger partial charge on any atom is -0.387 e. The molecular formula is C19H24N2O2S. The molecule has 1 saturated carbocycles. The number of aliphatic hydroxyl groups excluding tert-OH is 1. The Balaban J connectivity index is 1.72. The molecule has 1 aromatic heterocycles. The van der Waals surface area contributed by atoms with Crippen LogP contribution in [0.1, 0.15) is 49.5 Å². The Morgan fingerprint density at radius 3 is 2.67 bits per heavy atom. The van der Waals surface area contributed by atoms with Crippen LogP contribution < -0.4 is 0 Å². The Morgan fingerprint density at radius 1 is 1.25 bits per heavy atom. The van der Waals surface area contributed by atoms with Crippen molar-refractivity contribution in [2.45, 2.75) is 50.7 Å². The predicted octanol–water partition coefficient (Wildman–Crippen LogP) is 3.58. The minimum absolute atomic E-state index is 0.0720. The first-order valence-corrected chi connectivity index (χ1v) is 9.58. The second kappa shape index (κ2) is 8.40. The molecule has 0 aliphatic heterocycles. The van der Waals surface area contributed by atoms with Crippen LogP contribution in [0.25, 0.3) is 0 Å². The van der Waals surface area contributed by atoms with Gasteiger partial charge in [0.1, 0.15) is 0 Å².